The highest BCUT2D eigenvalue weighted by molar-refractivity contribution is 6.39. The zero-order valence-corrected chi connectivity index (χ0v) is 9.89. The van der Waals surface area contributed by atoms with Crippen LogP contribution in [0.1, 0.15) is 0 Å². The van der Waals surface area contributed by atoms with Crippen molar-refractivity contribution in [2.24, 2.45) is 0 Å². The number of carbonyl (C=O) groups excluding carboxylic acids is 2. The number of hydrogen-bond donors (Lipinski definition) is 0. The van der Waals surface area contributed by atoms with Gasteiger partial charge in [-0.15, -0.1) is 0 Å². The lowest BCUT2D eigenvalue weighted by Gasteiger charge is -2.27. The Morgan fingerprint density at radius 3 is 2.06 bits per heavy atom. The van der Waals surface area contributed by atoms with Crippen LogP contribution in [0.25, 0.3) is 0 Å². The molecule has 1 fully saturated rings. The fourth-order valence-corrected chi connectivity index (χ4v) is 2.25. The van der Waals surface area contributed by atoms with Gasteiger partial charge in [0.15, 0.2) is 0 Å². The van der Waals surface area contributed by atoms with Crippen molar-refractivity contribution in [2.75, 3.05) is 18.0 Å². The Bertz CT molecular complexity index is 467. The molecule has 1 aliphatic heterocycles. The van der Waals surface area contributed by atoms with E-state index in [1.807, 2.05) is 0 Å². The number of cyclic esters (lactones) is 2. The zero-order chi connectivity index (χ0) is 12.6. The van der Waals surface area contributed by atoms with Gasteiger partial charge < -0.3 is 9.64 Å². The lowest BCUT2D eigenvalue weighted by Crippen LogP contribution is -2.43. The molecule has 1 heterocycles. The SMILES string of the molecule is O=C1CN(c2c(Cl)cc(F)cc2Cl)CC(=O)O1. The summed E-state index contributed by atoms with van der Waals surface area (Å²) in [5.41, 5.74) is 0.250. The summed E-state index contributed by atoms with van der Waals surface area (Å²) in [5, 5.41) is 0.0787. The first-order chi connectivity index (χ1) is 7.97. The second-order valence-corrected chi connectivity index (χ2v) is 4.23. The molecule has 0 amide bonds. The molecule has 0 N–H and O–H groups in total. The number of morpholine rings is 1. The molecule has 0 aromatic heterocycles. The zero-order valence-electron chi connectivity index (χ0n) is 8.37. The number of benzene rings is 1. The number of anilines is 1. The van der Waals surface area contributed by atoms with Gasteiger partial charge in [0.25, 0.3) is 0 Å². The minimum atomic E-state index is -0.697. The first-order valence-electron chi connectivity index (χ1n) is 4.60. The Labute approximate surface area is 106 Å². The van der Waals surface area contributed by atoms with Crippen LogP contribution >= 0.6 is 23.2 Å². The molecule has 7 heteroatoms. The molecule has 1 aromatic carbocycles. The molecule has 0 bridgehead atoms. The molecule has 4 nitrogen and oxygen atoms in total. The van der Waals surface area contributed by atoms with E-state index in [9.17, 15) is 14.0 Å². The highest BCUT2D eigenvalue weighted by atomic mass is 35.5. The van der Waals surface area contributed by atoms with Gasteiger partial charge in [0.1, 0.15) is 18.9 Å². The summed E-state index contributed by atoms with van der Waals surface area (Å²) in [4.78, 5) is 23.5. The van der Waals surface area contributed by atoms with E-state index < -0.39 is 17.8 Å². The largest absolute Gasteiger partial charge is 0.390 e. The van der Waals surface area contributed by atoms with Crippen LogP contribution in [0, 0.1) is 5.82 Å². The van der Waals surface area contributed by atoms with E-state index in [0.29, 0.717) is 0 Å². The Kier molecular flexibility index (Phi) is 3.22. The molecule has 90 valence electrons. The smallest absolute Gasteiger partial charge is 0.333 e. The highest BCUT2D eigenvalue weighted by Gasteiger charge is 2.28. The van der Waals surface area contributed by atoms with Crippen LogP contribution in [0.4, 0.5) is 10.1 Å². The quantitative estimate of drug-likeness (QED) is 0.582. The molecule has 1 aliphatic rings. The van der Waals surface area contributed by atoms with Crippen molar-refractivity contribution in [1.82, 2.24) is 0 Å². The van der Waals surface area contributed by atoms with Gasteiger partial charge in [-0.05, 0) is 12.1 Å². The predicted octanol–water partition coefficient (Wildman–Crippen LogP) is 2.02. The Morgan fingerprint density at radius 1 is 1.12 bits per heavy atom. The number of rotatable bonds is 1. The molecule has 0 aliphatic carbocycles. The Hall–Kier alpha value is -1.33. The summed E-state index contributed by atoms with van der Waals surface area (Å²) >= 11 is 11.7. The number of hydrogen-bond acceptors (Lipinski definition) is 4. The maximum Gasteiger partial charge on any atom is 0.333 e. The molecule has 1 saturated heterocycles. The maximum absolute atomic E-state index is 13.0. The lowest BCUT2D eigenvalue weighted by atomic mass is 10.2. The monoisotopic (exact) mass is 277 g/mol. The van der Waals surface area contributed by atoms with E-state index in [1.54, 1.807) is 0 Å². The van der Waals surface area contributed by atoms with E-state index in [1.165, 1.54) is 4.90 Å². The molecule has 17 heavy (non-hydrogen) atoms. The minimum absolute atomic E-state index is 0.0394. The van der Waals surface area contributed by atoms with Gasteiger partial charge in [-0.2, -0.15) is 0 Å². The van der Waals surface area contributed by atoms with E-state index in [2.05, 4.69) is 4.74 Å². The number of ether oxygens (including phenoxy) is 1. The summed E-state index contributed by atoms with van der Waals surface area (Å²) in [6.07, 6.45) is 0. The molecule has 0 spiro atoms. The van der Waals surface area contributed by atoms with Crippen molar-refractivity contribution < 1.29 is 18.7 Å². The van der Waals surface area contributed by atoms with E-state index in [4.69, 9.17) is 23.2 Å². The first kappa shape index (κ1) is 12.1. The standard InChI is InChI=1S/C10H6Cl2FNO3/c11-6-1-5(13)2-7(12)10(6)14-3-8(15)17-9(16)4-14/h1-2H,3-4H2. The molecular weight excluding hydrogens is 272 g/mol. The molecule has 0 saturated carbocycles. The van der Waals surface area contributed by atoms with Crippen LogP contribution in [0.3, 0.4) is 0 Å². The van der Waals surface area contributed by atoms with Gasteiger partial charge in [0, 0.05) is 0 Å². The average Bonchev–Trinajstić information content (AvgIpc) is 2.13. The van der Waals surface area contributed by atoms with E-state index in [0.717, 1.165) is 12.1 Å². The van der Waals surface area contributed by atoms with Crippen LogP contribution in [0.2, 0.25) is 10.0 Å². The van der Waals surface area contributed by atoms with Crippen molar-refractivity contribution in [3.05, 3.63) is 28.0 Å². The fraction of sp³-hybridized carbons (Fsp3) is 0.200. The van der Waals surface area contributed by atoms with Gasteiger partial charge in [-0.1, -0.05) is 23.2 Å². The maximum atomic E-state index is 13.0. The van der Waals surface area contributed by atoms with E-state index in [-0.39, 0.29) is 28.8 Å². The van der Waals surface area contributed by atoms with Gasteiger partial charge >= 0.3 is 11.9 Å². The van der Waals surface area contributed by atoms with Crippen molar-refractivity contribution in [3.63, 3.8) is 0 Å². The number of halogens is 3. The number of nitrogens with zero attached hydrogens (tertiary/aromatic N) is 1. The third-order valence-corrected chi connectivity index (χ3v) is 2.74. The minimum Gasteiger partial charge on any atom is -0.390 e. The topological polar surface area (TPSA) is 46.6 Å². The number of esters is 2. The molecule has 0 unspecified atom stereocenters. The van der Waals surface area contributed by atoms with E-state index >= 15 is 0 Å². The lowest BCUT2D eigenvalue weighted by molar-refractivity contribution is -0.160. The Morgan fingerprint density at radius 2 is 1.59 bits per heavy atom. The molecule has 2 rings (SSSR count). The van der Waals surface area contributed by atoms with Gasteiger partial charge in [0.05, 0.1) is 15.7 Å². The molecule has 0 radical (unpaired) electrons. The normalized spacial score (nSPS) is 16.1. The van der Waals surface area contributed by atoms with Crippen LogP contribution in [-0.2, 0) is 14.3 Å². The summed E-state index contributed by atoms with van der Waals surface area (Å²) in [5.74, 6) is -1.98. The summed E-state index contributed by atoms with van der Waals surface area (Å²) in [6.45, 7) is -0.312. The summed E-state index contributed by atoms with van der Waals surface area (Å²) in [7, 11) is 0. The molecule has 1 aromatic rings. The second-order valence-electron chi connectivity index (χ2n) is 3.42. The highest BCUT2D eigenvalue weighted by Crippen LogP contribution is 2.35. The molecular formula is C10H6Cl2FNO3. The van der Waals surface area contributed by atoms with Crippen molar-refractivity contribution in [1.29, 1.82) is 0 Å². The van der Waals surface area contributed by atoms with Crippen molar-refractivity contribution in [2.45, 2.75) is 0 Å². The van der Waals surface area contributed by atoms with Gasteiger partial charge in [-0.25, -0.2) is 14.0 Å². The van der Waals surface area contributed by atoms with Crippen molar-refractivity contribution >= 4 is 40.8 Å². The summed E-state index contributed by atoms with van der Waals surface area (Å²) in [6, 6.07) is 2.13. The fourth-order valence-electron chi connectivity index (χ4n) is 1.55. The third-order valence-electron chi connectivity index (χ3n) is 2.17. The summed E-state index contributed by atoms with van der Waals surface area (Å²) < 4.78 is 17.3. The first-order valence-corrected chi connectivity index (χ1v) is 5.36. The molecule has 0 atom stereocenters. The van der Waals surface area contributed by atoms with Gasteiger partial charge in [0.2, 0.25) is 0 Å². The van der Waals surface area contributed by atoms with Crippen LogP contribution in [-0.4, -0.2) is 25.0 Å². The third kappa shape index (κ3) is 2.50. The van der Waals surface area contributed by atoms with Crippen LogP contribution < -0.4 is 4.90 Å². The van der Waals surface area contributed by atoms with Gasteiger partial charge in [-0.3, -0.25) is 0 Å². The average molecular weight is 278 g/mol. The van der Waals surface area contributed by atoms with Crippen LogP contribution in [0.15, 0.2) is 12.1 Å². The second kappa shape index (κ2) is 4.50. The van der Waals surface area contributed by atoms with Crippen LogP contribution in [0.5, 0.6) is 0 Å². The Balaban J connectivity index is 2.40. The predicted molar refractivity (Wildman–Crippen MR) is 59.7 cm³/mol. The van der Waals surface area contributed by atoms with Crippen molar-refractivity contribution in [3.8, 4) is 0 Å². The number of carbonyl (C=O) groups is 2.